The molecule has 0 spiro atoms. The fourth-order valence-electron chi connectivity index (χ4n) is 6.22. The molecule has 1 aliphatic heterocycles. The molecule has 3 aromatic carbocycles. The first-order valence-corrected chi connectivity index (χ1v) is 13.0. The molecule has 0 saturated heterocycles. The van der Waals surface area contributed by atoms with E-state index < -0.39 is 0 Å². The number of likely N-dealkylation sites (N-methyl/N-ethyl adjacent to an activating group) is 1. The lowest BCUT2D eigenvalue weighted by Crippen LogP contribution is -2.39. The van der Waals surface area contributed by atoms with Crippen LogP contribution in [0.5, 0.6) is 0 Å². The van der Waals surface area contributed by atoms with Crippen molar-refractivity contribution in [1.82, 2.24) is 9.47 Å². The van der Waals surface area contributed by atoms with Gasteiger partial charge in [0.05, 0.1) is 5.69 Å². The molecule has 0 bridgehead atoms. The molecule has 4 aromatic rings. The molecule has 0 saturated carbocycles. The van der Waals surface area contributed by atoms with Crippen LogP contribution in [0.25, 0.3) is 27.7 Å². The average Bonchev–Trinajstić information content (AvgIpc) is 3.29. The van der Waals surface area contributed by atoms with Crippen LogP contribution < -0.4 is 0 Å². The summed E-state index contributed by atoms with van der Waals surface area (Å²) in [6, 6.07) is 30.7. The highest BCUT2D eigenvalue weighted by atomic mass is 15.2. The number of benzene rings is 3. The minimum Gasteiger partial charge on any atom is -0.369 e. The first-order valence-electron chi connectivity index (χ1n) is 13.0. The summed E-state index contributed by atoms with van der Waals surface area (Å²) >= 11 is 0. The van der Waals surface area contributed by atoms with Crippen LogP contribution in [0.3, 0.4) is 0 Å². The Morgan fingerprint density at radius 1 is 0.806 bits per heavy atom. The summed E-state index contributed by atoms with van der Waals surface area (Å²) in [5.41, 5.74) is 12.2. The van der Waals surface area contributed by atoms with Crippen molar-refractivity contribution in [2.45, 2.75) is 32.7 Å². The molecule has 2 nitrogen and oxygen atoms in total. The molecule has 0 amide bonds. The number of hydrogen-bond donors (Lipinski definition) is 0. The molecule has 0 N–H and O–H groups in total. The molecule has 36 heavy (non-hydrogen) atoms. The minimum absolute atomic E-state index is 0.117. The van der Waals surface area contributed by atoms with Gasteiger partial charge in [-0.1, -0.05) is 91.9 Å². The smallest absolute Gasteiger partial charge is 0.0568 e. The van der Waals surface area contributed by atoms with Gasteiger partial charge < -0.3 is 9.47 Å². The van der Waals surface area contributed by atoms with Crippen molar-refractivity contribution in [1.29, 1.82) is 0 Å². The fourth-order valence-corrected chi connectivity index (χ4v) is 6.22. The SMILES string of the molecule is CC1C2=C(C=CC(=C(c3ccccc3)c3c(-c4ccccc4)n(C)c4ccccc34)C2)N(C)C1(C)C. The van der Waals surface area contributed by atoms with E-state index in [1.807, 2.05) is 0 Å². The molecule has 1 aliphatic carbocycles. The number of rotatable bonds is 3. The normalized spacial score (nSPS) is 20.2. The number of nitrogens with zero attached hydrogens (tertiary/aromatic N) is 2. The molecule has 1 atom stereocenters. The zero-order valence-corrected chi connectivity index (χ0v) is 21.9. The van der Waals surface area contributed by atoms with Crippen LogP contribution >= 0.6 is 0 Å². The topological polar surface area (TPSA) is 8.17 Å². The molecule has 2 heteroatoms. The van der Waals surface area contributed by atoms with Gasteiger partial charge in [-0.05, 0) is 60.3 Å². The lowest BCUT2D eigenvalue weighted by Gasteiger charge is -2.35. The molecule has 2 heterocycles. The van der Waals surface area contributed by atoms with Gasteiger partial charge in [0.2, 0.25) is 0 Å². The van der Waals surface area contributed by atoms with Gasteiger partial charge in [0.15, 0.2) is 0 Å². The Labute approximate surface area is 214 Å². The first-order chi connectivity index (χ1) is 17.4. The third kappa shape index (κ3) is 3.32. The van der Waals surface area contributed by atoms with Crippen LogP contribution in [-0.4, -0.2) is 22.1 Å². The van der Waals surface area contributed by atoms with Crippen molar-refractivity contribution in [3.8, 4) is 11.3 Å². The highest BCUT2D eigenvalue weighted by Crippen LogP contribution is 2.49. The van der Waals surface area contributed by atoms with E-state index in [0.717, 1.165) is 6.42 Å². The van der Waals surface area contributed by atoms with Gasteiger partial charge in [-0.2, -0.15) is 0 Å². The highest BCUT2D eigenvalue weighted by Gasteiger charge is 2.42. The summed E-state index contributed by atoms with van der Waals surface area (Å²) in [5.74, 6) is 0.496. The molecular formula is C34H34N2. The summed E-state index contributed by atoms with van der Waals surface area (Å²) in [6.07, 6.45) is 5.71. The Morgan fingerprint density at radius 2 is 1.44 bits per heavy atom. The van der Waals surface area contributed by atoms with E-state index in [4.69, 9.17) is 0 Å². The predicted molar refractivity (Wildman–Crippen MR) is 153 cm³/mol. The van der Waals surface area contributed by atoms with Gasteiger partial charge in [0.1, 0.15) is 0 Å². The second-order valence-electron chi connectivity index (χ2n) is 10.8. The predicted octanol–water partition coefficient (Wildman–Crippen LogP) is 8.22. The third-order valence-electron chi connectivity index (χ3n) is 8.75. The van der Waals surface area contributed by atoms with Crippen molar-refractivity contribution in [3.63, 3.8) is 0 Å². The zero-order valence-electron chi connectivity index (χ0n) is 21.9. The van der Waals surface area contributed by atoms with Crippen LogP contribution in [0.4, 0.5) is 0 Å². The Kier molecular flexibility index (Phi) is 5.30. The molecule has 180 valence electrons. The maximum atomic E-state index is 2.47. The Hall–Kier alpha value is -3.78. The molecule has 0 fully saturated rings. The molecule has 0 radical (unpaired) electrons. The van der Waals surface area contributed by atoms with Gasteiger partial charge in [-0.25, -0.2) is 0 Å². The lowest BCUT2D eigenvalue weighted by atomic mass is 9.80. The van der Waals surface area contributed by atoms with E-state index >= 15 is 0 Å². The quantitative estimate of drug-likeness (QED) is 0.293. The summed E-state index contributed by atoms with van der Waals surface area (Å²) in [7, 11) is 4.45. The second-order valence-corrected chi connectivity index (χ2v) is 10.8. The third-order valence-corrected chi connectivity index (χ3v) is 8.75. The lowest BCUT2D eigenvalue weighted by molar-refractivity contribution is 0.192. The van der Waals surface area contributed by atoms with Crippen molar-refractivity contribution in [2.75, 3.05) is 7.05 Å². The minimum atomic E-state index is 0.117. The monoisotopic (exact) mass is 470 g/mol. The Bertz CT molecular complexity index is 1550. The van der Waals surface area contributed by atoms with E-state index in [1.54, 1.807) is 5.57 Å². The second kappa shape index (κ2) is 8.41. The number of para-hydroxylation sites is 1. The fraction of sp³-hybridized carbons (Fsp3) is 0.235. The van der Waals surface area contributed by atoms with Gasteiger partial charge in [-0.15, -0.1) is 0 Å². The zero-order chi connectivity index (χ0) is 25.0. The first kappa shape index (κ1) is 22.7. The number of hydrogen-bond acceptors (Lipinski definition) is 1. The van der Waals surface area contributed by atoms with E-state index in [9.17, 15) is 0 Å². The Balaban J connectivity index is 1.66. The van der Waals surface area contributed by atoms with Crippen LogP contribution in [0.2, 0.25) is 0 Å². The average molecular weight is 471 g/mol. The standard InChI is InChI=1S/C34H34N2/c1-23-28-22-26(20-21-30(28)36(5)34(23,2)3)31(24-14-8-6-9-15-24)32-27-18-12-13-19-29(27)35(4)33(32)25-16-10-7-11-17-25/h6-21,23H,22H2,1-5H3. The number of aryl methyl sites for hydroxylation is 1. The van der Waals surface area contributed by atoms with Gasteiger partial charge in [0.25, 0.3) is 0 Å². The van der Waals surface area contributed by atoms with Crippen molar-refractivity contribution < 1.29 is 0 Å². The summed E-state index contributed by atoms with van der Waals surface area (Å²) in [6.45, 7) is 7.12. The van der Waals surface area contributed by atoms with Crippen molar-refractivity contribution in [3.05, 3.63) is 125 Å². The van der Waals surface area contributed by atoms with Crippen molar-refractivity contribution >= 4 is 16.5 Å². The summed E-state index contributed by atoms with van der Waals surface area (Å²) in [4.78, 5) is 2.47. The maximum absolute atomic E-state index is 2.47. The Morgan fingerprint density at radius 3 is 2.17 bits per heavy atom. The van der Waals surface area contributed by atoms with Crippen LogP contribution in [0.15, 0.2) is 114 Å². The van der Waals surface area contributed by atoms with Crippen LogP contribution in [0.1, 0.15) is 38.3 Å². The van der Waals surface area contributed by atoms with E-state index in [-0.39, 0.29) is 5.54 Å². The molecule has 1 aromatic heterocycles. The molecular weight excluding hydrogens is 436 g/mol. The van der Waals surface area contributed by atoms with Crippen LogP contribution in [-0.2, 0) is 7.05 Å². The van der Waals surface area contributed by atoms with Crippen LogP contribution in [0, 0.1) is 5.92 Å². The molecule has 1 unspecified atom stereocenters. The summed E-state index contributed by atoms with van der Waals surface area (Å²) in [5, 5.41) is 1.30. The largest absolute Gasteiger partial charge is 0.369 e. The highest BCUT2D eigenvalue weighted by molar-refractivity contribution is 6.05. The number of aromatic nitrogens is 1. The number of fused-ring (bicyclic) bond motifs is 1. The van der Waals surface area contributed by atoms with Gasteiger partial charge in [0, 0.05) is 47.7 Å². The maximum Gasteiger partial charge on any atom is 0.0568 e. The molecule has 2 aliphatic rings. The van der Waals surface area contributed by atoms with E-state index in [1.165, 1.54) is 50.1 Å². The van der Waals surface area contributed by atoms with Gasteiger partial charge in [-0.3, -0.25) is 0 Å². The van der Waals surface area contributed by atoms with E-state index in [0.29, 0.717) is 5.92 Å². The van der Waals surface area contributed by atoms with Gasteiger partial charge >= 0.3 is 0 Å². The number of allylic oxidation sites excluding steroid dienone is 3. The van der Waals surface area contributed by atoms with E-state index in [2.05, 4.69) is 141 Å². The molecule has 6 rings (SSSR count). The van der Waals surface area contributed by atoms with Crippen molar-refractivity contribution in [2.24, 2.45) is 13.0 Å². The summed E-state index contributed by atoms with van der Waals surface area (Å²) < 4.78 is 2.37.